The van der Waals surface area contributed by atoms with Gasteiger partial charge in [0.05, 0.1) is 10.6 Å². The predicted octanol–water partition coefficient (Wildman–Crippen LogP) is 2.69. The minimum Gasteiger partial charge on any atom is -0.366 e. The van der Waals surface area contributed by atoms with Crippen LogP contribution in [0.15, 0.2) is 48.5 Å². The molecule has 0 unspecified atom stereocenters. The first-order valence-corrected chi connectivity index (χ1v) is 9.23. The number of carbonyl (C=O) groups is 2. The summed E-state index contributed by atoms with van der Waals surface area (Å²) in [4.78, 5) is 25.6. The quantitative estimate of drug-likeness (QED) is 0.545. The molecule has 2 rings (SSSR count). The van der Waals surface area contributed by atoms with Gasteiger partial charge in [0, 0.05) is 38.3 Å². The van der Waals surface area contributed by atoms with Crippen molar-refractivity contribution in [3.63, 3.8) is 0 Å². The Bertz CT molecular complexity index is 772. The van der Waals surface area contributed by atoms with Crippen LogP contribution in [-0.4, -0.2) is 42.9 Å². The average Bonchev–Trinajstić information content (AvgIpc) is 2.64. The lowest BCUT2D eigenvalue weighted by Gasteiger charge is -2.21. The lowest BCUT2D eigenvalue weighted by Crippen LogP contribution is -2.34. The van der Waals surface area contributed by atoms with Gasteiger partial charge in [-0.3, -0.25) is 9.59 Å². The smallest absolute Gasteiger partial charge is 0.250 e. The Kier molecular flexibility index (Phi) is 10.6. The maximum atomic E-state index is 12.2. The lowest BCUT2D eigenvalue weighted by molar-refractivity contribution is -0.116. The van der Waals surface area contributed by atoms with Gasteiger partial charge in [-0.15, -0.1) is 12.4 Å². The number of hydrogen-bond donors (Lipinski definition) is 3. The summed E-state index contributed by atoms with van der Waals surface area (Å²) in [6.45, 7) is 2.73. The molecule has 2 aromatic carbocycles. The SMILES string of the molecule is Cl.NCCN(CCC(=O)Nc1ccc(C(N)=O)c(Cl)c1)CCc1ccccc1. The topological polar surface area (TPSA) is 101 Å². The van der Waals surface area contributed by atoms with E-state index in [1.165, 1.54) is 17.7 Å². The maximum Gasteiger partial charge on any atom is 0.250 e. The van der Waals surface area contributed by atoms with E-state index in [2.05, 4.69) is 22.3 Å². The average molecular weight is 425 g/mol. The minimum absolute atomic E-state index is 0. The summed E-state index contributed by atoms with van der Waals surface area (Å²) < 4.78 is 0. The third-order valence-electron chi connectivity index (χ3n) is 4.18. The maximum absolute atomic E-state index is 12.2. The van der Waals surface area contributed by atoms with Crippen LogP contribution in [-0.2, 0) is 11.2 Å². The fourth-order valence-corrected chi connectivity index (χ4v) is 3.00. The van der Waals surface area contributed by atoms with Crippen LogP contribution in [0.1, 0.15) is 22.3 Å². The highest BCUT2D eigenvalue weighted by Gasteiger charge is 2.11. The van der Waals surface area contributed by atoms with Crippen molar-refractivity contribution in [1.82, 2.24) is 4.90 Å². The van der Waals surface area contributed by atoms with Crippen LogP contribution in [0.3, 0.4) is 0 Å². The molecule has 0 atom stereocenters. The second kappa shape index (κ2) is 12.4. The molecule has 28 heavy (non-hydrogen) atoms. The van der Waals surface area contributed by atoms with E-state index in [1.807, 2.05) is 18.2 Å². The van der Waals surface area contributed by atoms with Crippen molar-refractivity contribution in [2.45, 2.75) is 12.8 Å². The molecule has 0 radical (unpaired) electrons. The summed E-state index contributed by atoms with van der Waals surface area (Å²) in [6.07, 6.45) is 1.25. The molecule has 0 fully saturated rings. The number of nitrogens with zero attached hydrogens (tertiary/aromatic N) is 1. The van der Waals surface area contributed by atoms with Crippen molar-refractivity contribution < 1.29 is 9.59 Å². The molecule has 2 amide bonds. The third-order valence-corrected chi connectivity index (χ3v) is 4.49. The first kappa shape index (κ1) is 23.9. The summed E-state index contributed by atoms with van der Waals surface area (Å²) in [5, 5.41) is 3.00. The van der Waals surface area contributed by atoms with Gasteiger partial charge in [-0.2, -0.15) is 0 Å². The van der Waals surface area contributed by atoms with E-state index >= 15 is 0 Å². The molecule has 0 bridgehead atoms. The van der Waals surface area contributed by atoms with Gasteiger partial charge in [-0.1, -0.05) is 41.9 Å². The molecule has 0 aliphatic carbocycles. The zero-order valence-corrected chi connectivity index (χ0v) is 17.1. The molecule has 152 valence electrons. The first-order valence-electron chi connectivity index (χ1n) is 8.85. The molecule has 0 aliphatic heterocycles. The number of halogens is 2. The molecule has 8 heteroatoms. The third kappa shape index (κ3) is 7.86. The molecule has 5 N–H and O–H groups in total. The van der Waals surface area contributed by atoms with Crippen molar-refractivity contribution in [1.29, 1.82) is 0 Å². The van der Waals surface area contributed by atoms with E-state index in [0.29, 0.717) is 25.2 Å². The Morgan fingerprint density at radius 1 is 1.04 bits per heavy atom. The molecule has 0 saturated heterocycles. The standard InChI is InChI=1S/C20H25ClN4O2.ClH/c21-18-14-16(6-7-17(18)20(23)27)24-19(26)9-12-25(13-10-22)11-8-15-4-2-1-3-5-15;/h1-7,14H,8-13,22H2,(H2,23,27)(H,24,26);1H. The summed E-state index contributed by atoms with van der Waals surface area (Å²) in [5.41, 5.74) is 12.9. The largest absolute Gasteiger partial charge is 0.366 e. The van der Waals surface area contributed by atoms with Gasteiger partial charge in [0.2, 0.25) is 11.8 Å². The molecule has 0 spiro atoms. The number of amides is 2. The highest BCUT2D eigenvalue weighted by Crippen LogP contribution is 2.20. The van der Waals surface area contributed by atoms with Gasteiger partial charge in [0.15, 0.2) is 0 Å². The highest BCUT2D eigenvalue weighted by molar-refractivity contribution is 6.34. The molecule has 0 aromatic heterocycles. The number of carbonyl (C=O) groups excluding carboxylic acids is 2. The fourth-order valence-electron chi connectivity index (χ4n) is 2.73. The second-order valence-corrected chi connectivity index (χ2v) is 6.63. The second-order valence-electron chi connectivity index (χ2n) is 6.22. The summed E-state index contributed by atoms with van der Waals surface area (Å²) in [5.74, 6) is -0.728. The zero-order chi connectivity index (χ0) is 19.6. The van der Waals surface area contributed by atoms with Crippen molar-refractivity contribution in [3.8, 4) is 0 Å². The zero-order valence-electron chi connectivity index (χ0n) is 15.6. The van der Waals surface area contributed by atoms with E-state index < -0.39 is 5.91 Å². The molecule has 0 heterocycles. The number of primary amides is 1. The predicted molar refractivity (Wildman–Crippen MR) is 116 cm³/mol. The van der Waals surface area contributed by atoms with E-state index in [0.717, 1.165) is 19.5 Å². The lowest BCUT2D eigenvalue weighted by atomic mass is 10.1. The summed E-state index contributed by atoms with van der Waals surface area (Å²) in [7, 11) is 0. The van der Waals surface area contributed by atoms with Crippen molar-refractivity contribution in [3.05, 3.63) is 64.7 Å². The monoisotopic (exact) mass is 424 g/mol. The first-order chi connectivity index (χ1) is 13.0. The number of anilines is 1. The number of benzene rings is 2. The summed E-state index contributed by atoms with van der Waals surface area (Å²) >= 11 is 6.00. The normalized spacial score (nSPS) is 10.4. The van der Waals surface area contributed by atoms with E-state index in [9.17, 15) is 9.59 Å². The molecular formula is C20H26Cl2N4O2. The number of hydrogen-bond acceptors (Lipinski definition) is 4. The Morgan fingerprint density at radius 2 is 1.75 bits per heavy atom. The Labute approximate surface area is 176 Å². The van der Waals surface area contributed by atoms with E-state index in [-0.39, 0.29) is 28.9 Å². The van der Waals surface area contributed by atoms with Crippen LogP contribution in [0.5, 0.6) is 0 Å². The minimum atomic E-state index is -0.603. The Hall–Kier alpha value is -2.12. The van der Waals surface area contributed by atoms with Gasteiger partial charge in [-0.05, 0) is 30.2 Å². The van der Waals surface area contributed by atoms with E-state index in [4.69, 9.17) is 23.1 Å². The Morgan fingerprint density at radius 3 is 2.36 bits per heavy atom. The van der Waals surface area contributed by atoms with Crippen LogP contribution < -0.4 is 16.8 Å². The number of nitrogens with one attached hydrogen (secondary N) is 1. The van der Waals surface area contributed by atoms with Crippen LogP contribution >= 0.6 is 24.0 Å². The van der Waals surface area contributed by atoms with Gasteiger partial charge in [0.25, 0.3) is 0 Å². The summed E-state index contributed by atoms with van der Waals surface area (Å²) in [6, 6.07) is 14.8. The van der Waals surface area contributed by atoms with Gasteiger partial charge < -0.3 is 21.7 Å². The van der Waals surface area contributed by atoms with Gasteiger partial charge in [-0.25, -0.2) is 0 Å². The molecule has 0 aliphatic rings. The highest BCUT2D eigenvalue weighted by atomic mass is 35.5. The number of rotatable bonds is 10. The molecule has 0 saturated carbocycles. The van der Waals surface area contributed by atoms with Crippen molar-refractivity contribution in [2.24, 2.45) is 11.5 Å². The van der Waals surface area contributed by atoms with Crippen LogP contribution in [0.2, 0.25) is 5.02 Å². The van der Waals surface area contributed by atoms with Crippen molar-refractivity contribution >= 4 is 41.5 Å². The number of nitrogens with two attached hydrogens (primary N) is 2. The molecular weight excluding hydrogens is 399 g/mol. The Balaban J connectivity index is 0.00000392. The van der Waals surface area contributed by atoms with Gasteiger partial charge in [0.1, 0.15) is 0 Å². The molecule has 2 aromatic rings. The van der Waals surface area contributed by atoms with Crippen LogP contribution in [0.4, 0.5) is 5.69 Å². The van der Waals surface area contributed by atoms with Gasteiger partial charge >= 0.3 is 0 Å². The van der Waals surface area contributed by atoms with Crippen molar-refractivity contribution in [2.75, 3.05) is 31.5 Å². The fraction of sp³-hybridized carbons (Fsp3) is 0.300. The molecule has 6 nitrogen and oxygen atoms in total. The van der Waals surface area contributed by atoms with Crippen LogP contribution in [0, 0.1) is 0 Å². The van der Waals surface area contributed by atoms with Crippen LogP contribution in [0.25, 0.3) is 0 Å². The van der Waals surface area contributed by atoms with E-state index in [1.54, 1.807) is 6.07 Å².